The van der Waals surface area contributed by atoms with Crippen LogP contribution < -0.4 is 33.2 Å². The van der Waals surface area contributed by atoms with Crippen molar-refractivity contribution in [2.24, 2.45) is 58.8 Å². The number of nitrogens with zero attached hydrogens (tertiary/aromatic N) is 1. The normalized spacial score (nSPS) is 19.9. The van der Waals surface area contributed by atoms with Crippen molar-refractivity contribution in [1.82, 2.24) is 4.57 Å². The van der Waals surface area contributed by atoms with Gasteiger partial charge in [-0.2, -0.15) is 0 Å². The second-order valence-electron chi connectivity index (χ2n) is 31.9. The highest BCUT2D eigenvalue weighted by Gasteiger charge is 2.45. The summed E-state index contributed by atoms with van der Waals surface area (Å²) in [7, 11) is 2.18. The first-order chi connectivity index (χ1) is 50.6. The monoisotopic (exact) mass is 1510 g/mol. The Bertz CT molecular complexity index is 2950. The highest BCUT2D eigenvalue weighted by molar-refractivity contribution is 7.25. The number of rotatable bonds is 55. The summed E-state index contributed by atoms with van der Waals surface area (Å²) in [5.41, 5.74) is 1.22. The lowest BCUT2D eigenvalue weighted by Crippen LogP contribution is -2.43. The van der Waals surface area contributed by atoms with E-state index >= 15 is 0 Å². The first-order valence-electron chi connectivity index (χ1n) is 42.1. The zero-order valence-corrected chi connectivity index (χ0v) is 71.2. The van der Waals surface area contributed by atoms with E-state index in [1.807, 2.05) is 0 Å². The Balaban J connectivity index is 1.37. The van der Waals surface area contributed by atoms with Gasteiger partial charge in [0.25, 0.3) is 0 Å². The molecule has 0 fully saturated rings. The summed E-state index contributed by atoms with van der Waals surface area (Å²) in [6.45, 7) is 45.9. The van der Waals surface area contributed by atoms with Crippen LogP contribution in [0, 0.1) is 72.5 Å². The smallest absolute Gasteiger partial charge is 0.182 e. The number of aryl methyl sites for hydroxylation is 2. The molecule has 14 nitrogen and oxygen atoms in total. The lowest BCUT2D eigenvalue weighted by atomic mass is 9.91. The molecular formula is C87H147NO13S3. The lowest BCUT2D eigenvalue weighted by Gasteiger charge is -2.32. The van der Waals surface area contributed by atoms with E-state index in [-0.39, 0.29) is 0 Å². The molecule has 0 spiro atoms. The number of hydrogen-bond acceptors (Lipinski definition) is 16. The summed E-state index contributed by atoms with van der Waals surface area (Å²) in [5, 5.41) is 0. The van der Waals surface area contributed by atoms with Crippen molar-refractivity contribution in [3.63, 3.8) is 0 Å². The highest BCUT2D eigenvalue weighted by atomic mass is 32.1. The topological polar surface area (TPSA) is 125 Å². The predicted octanol–water partition coefficient (Wildman–Crippen LogP) is 24.0. The van der Waals surface area contributed by atoms with Gasteiger partial charge in [-0.3, -0.25) is 0 Å². The molecule has 0 saturated carbocycles. The van der Waals surface area contributed by atoms with Gasteiger partial charge in [0, 0.05) is 62.0 Å². The Kier molecular flexibility index (Phi) is 39.3. The van der Waals surface area contributed by atoms with Crippen molar-refractivity contribution >= 4 is 34.0 Å². The molecule has 4 aromatic rings. The molecule has 104 heavy (non-hydrogen) atoms. The molecule has 0 aromatic carbocycles. The lowest BCUT2D eigenvalue weighted by molar-refractivity contribution is -0.0717. The second kappa shape index (κ2) is 46.4. The van der Waals surface area contributed by atoms with Gasteiger partial charge in [-0.25, -0.2) is 0 Å². The molecule has 0 amide bonds. The minimum absolute atomic E-state index is 0.328. The van der Waals surface area contributed by atoms with Gasteiger partial charge in [0.2, 0.25) is 0 Å². The first-order valence-corrected chi connectivity index (χ1v) is 44.5. The molecule has 7 rings (SSSR count). The van der Waals surface area contributed by atoms with Crippen molar-refractivity contribution in [3.05, 3.63) is 15.3 Å². The molecule has 7 heterocycles. The Morgan fingerprint density at radius 2 is 0.577 bits per heavy atom. The zero-order valence-electron chi connectivity index (χ0n) is 68.8. The van der Waals surface area contributed by atoms with E-state index < -0.39 is 16.2 Å². The van der Waals surface area contributed by atoms with Gasteiger partial charge < -0.3 is 66.1 Å². The van der Waals surface area contributed by atoms with Gasteiger partial charge in [-0.1, -0.05) is 212 Å². The van der Waals surface area contributed by atoms with Crippen LogP contribution in [0.3, 0.4) is 0 Å². The summed E-state index contributed by atoms with van der Waals surface area (Å²) in [4.78, 5) is 5.88. The van der Waals surface area contributed by atoms with Gasteiger partial charge in [-0.05, 0) is 101 Å². The average molecular weight is 1510 g/mol. The third-order valence-corrected chi connectivity index (χ3v) is 26.2. The molecule has 0 bridgehead atoms. The molecule has 6 unspecified atom stereocenters. The molecule has 4 aromatic heterocycles. The third-order valence-electron chi connectivity index (χ3n) is 22.7. The summed E-state index contributed by atoms with van der Waals surface area (Å²) in [6.07, 6.45) is 29.6. The van der Waals surface area contributed by atoms with Gasteiger partial charge in [0.1, 0.15) is 56.0 Å². The molecular weight excluding hydrogens is 1360 g/mol. The molecule has 0 aliphatic carbocycles. The maximum absolute atomic E-state index is 7.61. The van der Waals surface area contributed by atoms with Gasteiger partial charge in [0.15, 0.2) is 34.5 Å². The summed E-state index contributed by atoms with van der Waals surface area (Å²) < 4.78 is 94.9. The van der Waals surface area contributed by atoms with Crippen LogP contribution in [0.2, 0.25) is 0 Å². The van der Waals surface area contributed by atoms with Crippen molar-refractivity contribution in [1.29, 1.82) is 0 Å². The average Bonchev–Trinajstić information content (AvgIpc) is 1.57. The zero-order chi connectivity index (χ0) is 74.9. The van der Waals surface area contributed by atoms with E-state index in [0.29, 0.717) is 173 Å². The standard InChI is InChI=1S/C87H147NO13S3/c1-18-31-38-66(25-8)45-89-51-85(52-90-46-67(26-9)39-32-19-2)57-96-75-64(15)102-81(77(75)98-59-85)72-63(14)74(95-44-37-24-7)73(88(72)17)82-79-80(101-62-87(61-100-79,55-93-49-70(29-12)42-35-22-5)56-94-50-71(30-13)43-36-23-6)84(104-82)83-78-76(65(16)103-83)97-58-86(60-99-78,53-91-47-68(27-10)40-33-20-3)54-92-48-69(28-11)41-34-21-4/h66-71H,18-62H2,1-17H3. The molecule has 596 valence electrons. The number of unbranched alkanes of at least 4 members (excludes halogenated alkanes) is 7. The molecule has 0 radical (unpaired) electrons. The number of fused-ring (bicyclic) bond motifs is 3. The highest BCUT2D eigenvalue weighted by Crippen LogP contribution is 2.63. The SMILES string of the molecule is CCCCOc1c(C)c(-c2sc(C)c3c2OCC(COCC(CC)CCCC)(COCC(CC)CCCC)CO3)n(C)c1-c1sc(-c2sc(C)c3c2OCC(COCC(CC)CCCC)(COCC(CC)CCCC)CO3)c2c1OCC(COCC(CC)CCCC)(COCC(CC)CCCC)CO2. The first kappa shape index (κ1) is 88.0. The fraction of sp³-hybridized carbons (Fsp3) is 0.816. The predicted molar refractivity (Wildman–Crippen MR) is 435 cm³/mol. The minimum atomic E-state index is -0.635. The maximum Gasteiger partial charge on any atom is 0.182 e. The summed E-state index contributed by atoms with van der Waals surface area (Å²) in [6, 6.07) is 0. The van der Waals surface area contributed by atoms with E-state index in [0.717, 1.165) is 152 Å². The van der Waals surface area contributed by atoms with Crippen LogP contribution in [-0.2, 0) is 35.5 Å². The Morgan fingerprint density at radius 1 is 0.327 bits per heavy atom. The van der Waals surface area contributed by atoms with Crippen molar-refractivity contribution in [2.75, 3.05) is 126 Å². The van der Waals surface area contributed by atoms with E-state index in [9.17, 15) is 0 Å². The largest absolute Gasteiger partial charge is 0.491 e. The van der Waals surface area contributed by atoms with Crippen molar-refractivity contribution in [3.8, 4) is 71.1 Å². The van der Waals surface area contributed by atoms with Crippen LogP contribution in [0.25, 0.3) is 30.9 Å². The number of ether oxygens (including phenoxy) is 13. The maximum atomic E-state index is 7.61. The van der Waals surface area contributed by atoms with Gasteiger partial charge in [0.05, 0.1) is 82.8 Å². The Labute approximate surface area is 644 Å². The van der Waals surface area contributed by atoms with Gasteiger partial charge >= 0.3 is 0 Å². The minimum Gasteiger partial charge on any atom is -0.491 e. The van der Waals surface area contributed by atoms with Crippen molar-refractivity contribution < 1.29 is 61.6 Å². The molecule has 3 aliphatic heterocycles. The van der Waals surface area contributed by atoms with Crippen molar-refractivity contribution in [2.45, 2.75) is 278 Å². The molecule has 17 heteroatoms. The molecule has 0 saturated heterocycles. The summed E-state index contributed by atoms with van der Waals surface area (Å²) in [5.74, 6) is 8.15. The van der Waals surface area contributed by atoms with Crippen LogP contribution in [0.1, 0.15) is 272 Å². The Hall–Kier alpha value is -3.26. The van der Waals surface area contributed by atoms with Crippen LogP contribution >= 0.6 is 34.0 Å². The van der Waals surface area contributed by atoms with Gasteiger partial charge in [-0.15, -0.1) is 34.0 Å². The van der Waals surface area contributed by atoms with Crippen LogP contribution in [0.4, 0.5) is 0 Å². The number of aromatic nitrogens is 1. The summed E-state index contributed by atoms with van der Waals surface area (Å²) >= 11 is 5.10. The fourth-order valence-electron chi connectivity index (χ4n) is 14.9. The number of hydrogen-bond donors (Lipinski definition) is 0. The molecule has 3 aliphatic rings. The van der Waals surface area contributed by atoms with Crippen LogP contribution in [-0.4, -0.2) is 130 Å². The van der Waals surface area contributed by atoms with Crippen LogP contribution in [0.15, 0.2) is 0 Å². The van der Waals surface area contributed by atoms with Crippen LogP contribution in [0.5, 0.6) is 40.2 Å². The van der Waals surface area contributed by atoms with E-state index in [4.69, 9.17) is 61.6 Å². The van der Waals surface area contributed by atoms with E-state index in [1.165, 1.54) is 89.9 Å². The fourth-order valence-corrected chi connectivity index (χ4v) is 18.5. The molecule has 6 atom stereocenters. The second-order valence-corrected chi connectivity index (χ2v) is 35.4. The van der Waals surface area contributed by atoms with E-state index in [1.54, 1.807) is 34.0 Å². The Morgan fingerprint density at radius 3 is 0.875 bits per heavy atom. The number of thiophene rings is 3. The third kappa shape index (κ3) is 24.6. The molecule has 0 N–H and O–H groups in total. The van der Waals surface area contributed by atoms with E-state index in [2.05, 4.69) is 122 Å². The quantitative estimate of drug-likeness (QED) is 0.0390.